The number of rotatable bonds is 3. The van der Waals surface area contributed by atoms with Crippen LogP contribution in [0.25, 0.3) is 0 Å². The van der Waals surface area contributed by atoms with Gasteiger partial charge in [-0.25, -0.2) is 0 Å². The normalized spacial score (nSPS) is 38.3. The summed E-state index contributed by atoms with van der Waals surface area (Å²) in [6, 6.07) is 0. The Kier molecular flexibility index (Phi) is 3.14. The molecule has 1 aliphatic rings. The monoisotopic (exact) mass is 206 g/mol. The first-order chi connectivity index (χ1) is 7.44. The van der Waals surface area contributed by atoms with E-state index in [1.54, 1.807) is 0 Å². The molecule has 0 heterocycles. The van der Waals surface area contributed by atoms with Gasteiger partial charge in [-0.2, -0.15) is 0 Å². The molecule has 84 valence electrons. The Balaban J connectivity index is 2.89. The molecule has 0 N–H and O–H groups in total. The molecule has 0 bridgehead atoms. The summed E-state index contributed by atoms with van der Waals surface area (Å²) >= 11 is 0. The summed E-state index contributed by atoms with van der Waals surface area (Å²) in [6.45, 7) is 16.1. The molecular weight excluding hydrogens is 180 g/mol. The molecule has 0 heteroatoms. The molecule has 0 spiro atoms. The van der Waals surface area contributed by atoms with Gasteiger partial charge in [-0.15, -0.1) is 6.58 Å². The van der Waals surface area contributed by atoms with Crippen molar-refractivity contribution in [2.75, 3.05) is 0 Å². The second-order valence-electron chi connectivity index (χ2n) is 5.32. The van der Waals surface area contributed by atoms with Crippen LogP contribution in [-0.2, 0) is 0 Å². The molecule has 3 unspecified atom stereocenters. The second-order valence-corrected chi connectivity index (χ2v) is 5.32. The zero-order chi connectivity index (χ0) is 12.3. The van der Waals surface area contributed by atoms with Crippen molar-refractivity contribution in [3.63, 3.8) is 0 Å². The lowest BCUT2D eigenvalue weighted by molar-refractivity contribution is 0.170. The van der Waals surface area contributed by atoms with Crippen molar-refractivity contribution in [2.45, 2.75) is 40.0 Å². The SMILES string of the molecule is [3H]C=C(C)C1CCC(C)(C=C)C(C(=C)C)C1. The van der Waals surface area contributed by atoms with Crippen LogP contribution in [0.15, 0.2) is 36.9 Å². The van der Waals surface area contributed by atoms with Gasteiger partial charge in [-0.05, 0) is 50.4 Å². The average molecular weight is 206 g/mol. The lowest BCUT2D eigenvalue weighted by atomic mass is 9.61. The molecule has 0 aliphatic heterocycles. The van der Waals surface area contributed by atoms with Gasteiger partial charge in [0.1, 0.15) is 0 Å². The summed E-state index contributed by atoms with van der Waals surface area (Å²) in [5, 5.41) is 0. The maximum Gasteiger partial charge on any atom is 0.0537 e. The van der Waals surface area contributed by atoms with Crippen LogP contribution < -0.4 is 0 Å². The topological polar surface area (TPSA) is 0 Å². The third kappa shape index (κ3) is 2.42. The van der Waals surface area contributed by atoms with Gasteiger partial charge >= 0.3 is 0 Å². The molecule has 0 amide bonds. The highest BCUT2D eigenvalue weighted by atomic mass is 14.4. The maximum absolute atomic E-state index is 7.36. The van der Waals surface area contributed by atoms with E-state index in [1.807, 2.05) is 0 Å². The van der Waals surface area contributed by atoms with Crippen LogP contribution in [0, 0.1) is 17.3 Å². The van der Waals surface area contributed by atoms with Crippen LogP contribution in [0.2, 0.25) is 0 Å². The fourth-order valence-electron chi connectivity index (χ4n) is 2.75. The lowest BCUT2D eigenvalue weighted by Crippen LogP contribution is -2.33. The highest BCUT2D eigenvalue weighted by Gasteiger charge is 2.38. The van der Waals surface area contributed by atoms with Gasteiger partial charge in [0.15, 0.2) is 0 Å². The predicted octanol–water partition coefficient (Wildman–Crippen LogP) is 4.75. The molecule has 1 aliphatic carbocycles. The van der Waals surface area contributed by atoms with Crippen LogP contribution in [0.1, 0.15) is 41.4 Å². The summed E-state index contributed by atoms with van der Waals surface area (Å²) in [6.07, 6.45) is 5.55. The van der Waals surface area contributed by atoms with Crippen LogP contribution >= 0.6 is 0 Å². The largest absolute Gasteiger partial charge is 0.103 e. The summed E-state index contributed by atoms with van der Waals surface area (Å²) in [4.78, 5) is 0. The van der Waals surface area contributed by atoms with E-state index in [9.17, 15) is 0 Å². The molecule has 0 nitrogen and oxygen atoms in total. The first kappa shape index (κ1) is 10.7. The van der Waals surface area contributed by atoms with E-state index in [-0.39, 0.29) is 5.41 Å². The molecular formula is C15H24. The Bertz CT molecular complexity index is 313. The third-order valence-electron chi connectivity index (χ3n) is 4.05. The molecule has 1 saturated carbocycles. The van der Waals surface area contributed by atoms with E-state index >= 15 is 0 Å². The smallest absolute Gasteiger partial charge is 0.0537 e. The Hall–Kier alpha value is -0.780. The standard InChI is InChI=1S/C15H24/c1-7-15(6)9-8-13(11(2)3)10-14(15)12(4)5/h7,13-14H,1-2,4,8-10H2,3,5-6H3/i2T. The Labute approximate surface area is 96.2 Å². The molecule has 3 atom stereocenters. The van der Waals surface area contributed by atoms with Crippen molar-refractivity contribution in [2.24, 2.45) is 17.3 Å². The molecule has 1 rings (SSSR count). The Morgan fingerprint density at radius 1 is 1.47 bits per heavy atom. The quantitative estimate of drug-likeness (QED) is 0.585. The number of allylic oxidation sites excluding steroid dienone is 3. The molecule has 0 radical (unpaired) electrons. The first-order valence-electron chi connectivity index (χ1n) is 6.36. The molecule has 1 fully saturated rings. The molecule has 15 heavy (non-hydrogen) atoms. The molecule has 0 aromatic carbocycles. The average Bonchev–Trinajstić information content (AvgIpc) is 2.28. The van der Waals surface area contributed by atoms with E-state index in [4.69, 9.17) is 1.37 Å². The zero-order valence-corrected chi connectivity index (χ0v) is 10.3. The minimum absolute atomic E-state index is 0.199. The minimum Gasteiger partial charge on any atom is -0.103 e. The van der Waals surface area contributed by atoms with Crippen LogP contribution in [0.5, 0.6) is 0 Å². The first-order valence-corrected chi connectivity index (χ1v) is 5.78. The third-order valence-corrected chi connectivity index (χ3v) is 4.05. The van der Waals surface area contributed by atoms with Gasteiger partial charge < -0.3 is 0 Å². The van der Waals surface area contributed by atoms with Gasteiger partial charge in [0.25, 0.3) is 0 Å². The van der Waals surface area contributed by atoms with Crippen molar-refractivity contribution < 1.29 is 1.37 Å². The van der Waals surface area contributed by atoms with Crippen LogP contribution in [0.3, 0.4) is 0 Å². The highest BCUT2D eigenvalue weighted by Crippen LogP contribution is 2.48. The minimum atomic E-state index is 0.199. The van der Waals surface area contributed by atoms with Gasteiger partial charge in [0.05, 0.1) is 1.37 Å². The van der Waals surface area contributed by atoms with Crippen molar-refractivity contribution >= 4 is 0 Å². The lowest BCUT2D eigenvalue weighted by Gasteiger charge is -2.43. The van der Waals surface area contributed by atoms with E-state index in [0.29, 0.717) is 11.8 Å². The Morgan fingerprint density at radius 3 is 2.60 bits per heavy atom. The highest BCUT2D eigenvalue weighted by molar-refractivity contribution is 5.15. The summed E-state index contributed by atoms with van der Waals surface area (Å²) in [5.74, 6) is 1.07. The van der Waals surface area contributed by atoms with Crippen LogP contribution in [-0.4, -0.2) is 0 Å². The zero-order valence-electron chi connectivity index (χ0n) is 11.3. The van der Waals surface area contributed by atoms with Crippen molar-refractivity contribution in [3.05, 3.63) is 36.9 Å². The maximum atomic E-state index is 7.36. The molecule has 0 aromatic heterocycles. The second kappa shape index (κ2) is 4.38. The van der Waals surface area contributed by atoms with Gasteiger partial charge in [-0.1, -0.05) is 37.3 Å². The van der Waals surface area contributed by atoms with E-state index in [0.717, 1.165) is 12.8 Å². The molecule has 0 aromatic rings. The fraction of sp³-hybridized carbons (Fsp3) is 0.600. The van der Waals surface area contributed by atoms with E-state index in [2.05, 4.69) is 40.0 Å². The van der Waals surface area contributed by atoms with E-state index < -0.39 is 0 Å². The van der Waals surface area contributed by atoms with Crippen molar-refractivity contribution in [1.82, 2.24) is 0 Å². The number of hydrogen-bond donors (Lipinski definition) is 0. The predicted molar refractivity (Wildman–Crippen MR) is 68.8 cm³/mol. The Morgan fingerprint density at radius 2 is 2.13 bits per heavy atom. The van der Waals surface area contributed by atoms with Crippen molar-refractivity contribution in [3.8, 4) is 0 Å². The van der Waals surface area contributed by atoms with Gasteiger partial charge in [0.2, 0.25) is 0 Å². The van der Waals surface area contributed by atoms with Gasteiger partial charge in [0, 0.05) is 0 Å². The number of hydrogen-bond acceptors (Lipinski definition) is 0. The summed E-state index contributed by atoms with van der Waals surface area (Å²) in [7, 11) is 0. The fourth-order valence-corrected chi connectivity index (χ4v) is 2.75. The summed E-state index contributed by atoms with van der Waals surface area (Å²) < 4.78 is 7.36. The van der Waals surface area contributed by atoms with E-state index in [1.165, 1.54) is 24.1 Å². The van der Waals surface area contributed by atoms with Crippen molar-refractivity contribution in [1.29, 1.82) is 0 Å². The summed E-state index contributed by atoms with van der Waals surface area (Å²) in [5.41, 5.74) is 2.66. The van der Waals surface area contributed by atoms with Crippen LogP contribution in [0.4, 0.5) is 0 Å². The van der Waals surface area contributed by atoms with Gasteiger partial charge in [-0.3, -0.25) is 0 Å². The molecule has 0 saturated heterocycles.